The van der Waals surface area contributed by atoms with Gasteiger partial charge in [0.15, 0.2) is 0 Å². The molecule has 49 heavy (non-hydrogen) atoms. The molecule has 4 aromatic carbocycles. The molecule has 1 saturated heterocycles. The van der Waals surface area contributed by atoms with Crippen LogP contribution in [0.25, 0.3) is 22.3 Å². The number of aliphatic hydroxyl groups excluding tert-OH is 4. The average molecular weight is 673 g/mol. The van der Waals surface area contributed by atoms with Gasteiger partial charge in [-0.05, 0) is 45.5 Å². The highest BCUT2D eigenvalue weighted by Crippen LogP contribution is 2.34. The van der Waals surface area contributed by atoms with E-state index < -0.39 is 61.1 Å². The molecule has 0 spiro atoms. The van der Waals surface area contributed by atoms with Crippen LogP contribution in [-0.2, 0) is 32.2 Å². The number of amides is 1. The van der Waals surface area contributed by atoms with Gasteiger partial charge in [-0.2, -0.15) is 0 Å². The van der Waals surface area contributed by atoms with Gasteiger partial charge in [0.05, 0.1) is 24.9 Å². The van der Waals surface area contributed by atoms with E-state index in [9.17, 15) is 40.2 Å². The van der Waals surface area contributed by atoms with Crippen molar-refractivity contribution < 1.29 is 49.7 Å². The van der Waals surface area contributed by atoms with Crippen LogP contribution in [-0.4, -0.2) is 91.9 Å². The first kappa shape index (κ1) is 35.6. The number of benzene rings is 4. The largest absolute Gasteiger partial charge is 0.508 e. The third-order valence-electron chi connectivity index (χ3n) is 8.47. The summed E-state index contributed by atoms with van der Waals surface area (Å²) in [5.41, 5.74) is 5.30. The van der Waals surface area contributed by atoms with Crippen molar-refractivity contribution >= 4 is 11.9 Å². The zero-order chi connectivity index (χ0) is 35.0. The summed E-state index contributed by atoms with van der Waals surface area (Å²) in [4.78, 5) is 24.7. The monoisotopic (exact) mass is 672 g/mol. The number of phenols is 1. The van der Waals surface area contributed by atoms with Crippen LogP contribution in [0.5, 0.6) is 5.75 Å². The van der Waals surface area contributed by atoms with Gasteiger partial charge in [-0.1, -0.05) is 91.0 Å². The second-order valence-electron chi connectivity index (χ2n) is 11.9. The van der Waals surface area contributed by atoms with Crippen LogP contribution < -0.4 is 10.6 Å². The zero-order valence-corrected chi connectivity index (χ0v) is 26.6. The van der Waals surface area contributed by atoms with E-state index in [1.54, 1.807) is 36.4 Å². The van der Waals surface area contributed by atoms with Crippen LogP contribution >= 0.6 is 0 Å². The van der Waals surface area contributed by atoms with Crippen molar-refractivity contribution in [2.75, 3.05) is 13.2 Å². The van der Waals surface area contributed by atoms with E-state index in [-0.39, 0.29) is 18.9 Å². The van der Waals surface area contributed by atoms with Crippen molar-refractivity contribution in [2.45, 2.75) is 55.8 Å². The minimum absolute atomic E-state index is 0.161. The molecule has 8 N–H and O–H groups in total. The molecule has 6 atom stereocenters. The van der Waals surface area contributed by atoms with Crippen LogP contribution in [0.15, 0.2) is 103 Å². The maximum absolute atomic E-state index is 12.6. The van der Waals surface area contributed by atoms with E-state index in [4.69, 9.17) is 9.47 Å². The Bertz CT molecular complexity index is 1670. The lowest BCUT2D eigenvalue weighted by Crippen LogP contribution is -2.68. The molecule has 5 rings (SSSR count). The molecule has 1 aliphatic heterocycles. The topological polar surface area (TPSA) is 198 Å². The lowest BCUT2D eigenvalue weighted by Gasteiger charge is -2.46. The standard InChI is InChI=1S/C37H40N2O10/c40-21-32(44)39-33-30(42)18-37(36(46)47,48-22-24-8-12-26(13-9-24)25-4-2-1-3-5-25)49-35(33)34(45)31(43)20-38-19-23-6-10-27(11-7-23)28-14-16-29(41)17-15-28/h1-17,30-31,33-35,38,40-43,45H,18-22H2,(H,39,44)(H,46,47)/t30-,31+,33+,34+,35+,37+/m0/s1. The Kier molecular flexibility index (Phi) is 11.8. The number of carboxylic acids is 1. The van der Waals surface area contributed by atoms with E-state index in [1.165, 1.54) is 0 Å². The number of rotatable bonds is 14. The second kappa shape index (κ2) is 16.2. The maximum atomic E-state index is 12.6. The molecule has 258 valence electrons. The SMILES string of the molecule is O=C(CO)N[C@H]1[C@H]([C@H](O)[C@H](O)CNCc2ccc(-c3ccc(O)cc3)cc2)O[C@@](OCc2ccc(-c3ccccc3)cc2)(C(=O)O)C[C@@H]1O. The summed E-state index contributed by atoms with van der Waals surface area (Å²) in [6.07, 6.45) is -7.17. The Hall–Kier alpha value is -4.66. The summed E-state index contributed by atoms with van der Waals surface area (Å²) in [6, 6.07) is 29.9. The van der Waals surface area contributed by atoms with Gasteiger partial charge in [-0.3, -0.25) is 4.79 Å². The summed E-state index contributed by atoms with van der Waals surface area (Å²) in [7, 11) is 0. The summed E-state index contributed by atoms with van der Waals surface area (Å²) in [5.74, 6) is -4.72. The molecule has 1 amide bonds. The summed E-state index contributed by atoms with van der Waals surface area (Å²) >= 11 is 0. The maximum Gasteiger partial charge on any atom is 0.364 e. The number of carbonyl (C=O) groups excluding carboxylic acids is 1. The molecule has 1 aliphatic rings. The zero-order valence-electron chi connectivity index (χ0n) is 26.6. The molecular weight excluding hydrogens is 632 g/mol. The molecule has 1 heterocycles. The fraction of sp³-hybridized carbons (Fsp3) is 0.297. The number of carbonyl (C=O) groups is 2. The van der Waals surface area contributed by atoms with E-state index in [1.807, 2.05) is 66.7 Å². The lowest BCUT2D eigenvalue weighted by molar-refractivity contribution is -0.314. The van der Waals surface area contributed by atoms with Crippen molar-refractivity contribution in [3.05, 3.63) is 114 Å². The van der Waals surface area contributed by atoms with Gasteiger partial charge in [0.1, 0.15) is 24.6 Å². The highest BCUT2D eigenvalue weighted by molar-refractivity contribution is 5.78. The number of aromatic hydroxyl groups is 1. The Labute approximate surface area is 283 Å². The number of hydrogen-bond donors (Lipinski definition) is 8. The third kappa shape index (κ3) is 8.88. The molecule has 0 bridgehead atoms. The number of nitrogens with one attached hydrogen (secondary N) is 2. The molecule has 0 saturated carbocycles. The van der Waals surface area contributed by atoms with E-state index >= 15 is 0 Å². The van der Waals surface area contributed by atoms with Crippen molar-refractivity contribution in [1.29, 1.82) is 0 Å². The second-order valence-corrected chi connectivity index (χ2v) is 11.9. The first-order chi connectivity index (χ1) is 23.6. The van der Waals surface area contributed by atoms with Crippen LogP contribution in [0.2, 0.25) is 0 Å². The van der Waals surface area contributed by atoms with Gasteiger partial charge >= 0.3 is 5.97 Å². The first-order valence-electron chi connectivity index (χ1n) is 15.8. The summed E-state index contributed by atoms with van der Waals surface area (Å²) in [5, 5.41) is 67.7. The number of aliphatic hydroxyl groups is 4. The Morgan fingerprint density at radius 2 is 1.39 bits per heavy atom. The van der Waals surface area contributed by atoms with Crippen LogP contribution in [0.4, 0.5) is 0 Å². The highest BCUT2D eigenvalue weighted by Gasteiger charge is 2.55. The normalized spacial score (nSPS) is 21.8. The first-order valence-corrected chi connectivity index (χ1v) is 15.8. The number of ether oxygens (including phenoxy) is 2. The van der Waals surface area contributed by atoms with Crippen LogP contribution in [0, 0.1) is 0 Å². The molecular formula is C37H40N2O10. The predicted molar refractivity (Wildman–Crippen MR) is 179 cm³/mol. The number of hydrogen-bond acceptors (Lipinski definition) is 10. The van der Waals surface area contributed by atoms with Crippen LogP contribution in [0.1, 0.15) is 17.5 Å². The van der Waals surface area contributed by atoms with E-state index in [0.717, 1.165) is 27.8 Å². The van der Waals surface area contributed by atoms with Gasteiger partial charge < -0.3 is 50.7 Å². The summed E-state index contributed by atoms with van der Waals surface area (Å²) in [6.45, 7) is -1.00. The van der Waals surface area contributed by atoms with Gasteiger partial charge in [0, 0.05) is 19.5 Å². The summed E-state index contributed by atoms with van der Waals surface area (Å²) < 4.78 is 11.7. The predicted octanol–water partition coefficient (Wildman–Crippen LogP) is 2.16. The lowest BCUT2D eigenvalue weighted by atomic mass is 9.88. The van der Waals surface area contributed by atoms with Crippen molar-refractivity contribution in [3.8, 4) is 28.0 Å². The van der Waals surface area contributed by atoms with Crippen molar-refractivity contribution in [2.24, 2.45) is 0 Å². The van der Waals surface area contributed by atoms with Gasteiger partial charge in [-0.25, -0.2) is 4.79 Å². The fourth-order valence-corrected chi connectivity index (χ4v) is 5.74. The minimum atomic E-state index is -2.43. The fourth-order valence-electron chi connectivity index (χ4n) is 5.74. The van der Waals surface area contributed by atoms with Crippen molar-refractivity contribution in [3.63, 3.8) is 0 Å². The number of carboxylic acid groups (broad SMARTS) is 1. The van der Waals surface area contributed by atoms with Gasteiger partial charge in [0.25, 0.3) is 5.79 Å². The number of phenolic OH excluding ortho intramolecular Hbond substituents is 1. The van der Waals surface area contributed by atoms with Gasteiger partial charge in [0.2, 0.25) is 5.91 Å². The molecule has 0 aromatic heterocycles. The smallest absolute Gasteiger partial charge is 0.364 e. The molecule has 1 fully saturated rings. The highest BCUT2D eigenvalue weighted by atomic mass is 16.7. The minimum Gasteiger partial charge on any atom is -0.508 e. The van der Waals surface area contributed by atoms with E-state index in [0.29, 0.717) is 12.1 Å². The average Bonchev–Trinajstić information content (AvgIpc) is 3.12. The number of aliphatic carboxylic acids is 1. The Balaban J connectivity index is 1.25. The molecule has 12 heteroatoms. The van der Waals surface area contributed by atoms with Crippen molar-refractivity contribution in [1.82, 2.24) is 10.6 Å². The third-order valence-corrected chi connectivity index (χ3v) is 8.47. The molecule has 0 unspecified atom stereocenters. The quantitative estimate of drug-likeness (QED) is 0.0977. The molecule has 4 aromatic rings. The molecule has 12 nitrogen and oxygen atoms in total. The van der Waals surface area contributed by atoms with E-state index in [2.05, 4.69) is 10.6 Å². The molecule has 0 aliphatic carbocycles. The molecule has 0 radical (unpaired) electrons. The van der Waals surface area contributed by atoms with Crippen LogP contribution in [0.3, 0.4) is 0 Å². The van der Waals surface area contributed by atoms with Gasteiger partial charge in [-0.15, -0.1) is 0 Å². The Morgan fingerprint density at radius 1 is 0.837 bits per heavy atom. The Morgan fingerprint density at radius 3 is 1.96 bits per heavy atom.